The number of esters is 1. The summed E-state index contributed by atoms with van der Waals surface area (Å²) in [5.74, 6) is -2.67. The molecule has 33 heavy (non-hydrogen) atoms. The Morgan fingerprint density at radius 3 is 2.48 bits per heavy atom. The minimum Gasteiger partial charge on any atom is -0.507 e. The van der Waals surface area contributed by atoms with Gasteiger partial charge in [-0.15, -0.1) is 0 Å². The molecular formula is C26H23NO6. The number of nitrogens with one attached hydrogen (secondary N) is 1. The van der Waals surface area contributed by atoms with E-state index in [1.165, 1.54) is 0 Å². The third-order valence-electron chi connectivity index (χ3n) is 5.55. The van der Waals surface area contributed by atoms with E-state index in [0.717, 1.165) is 40.2 Å². The molecule has 1 aliphatic carbocycles. The molecule has 0 fully saturated rings. The first-order valence-corrected chi connectivity index (χ1v) is 10.5. The Hall–Kier alpha value is -4.13. The number of ether oxygens (including phenoxy) is 1. The number of allylic oxidation sites excluding steroid dienone is 2. The summed E-state index contributed by atoms with van der Waals surface area (Å²) in [6.45, 7) is 3.73. The molecule has 0 bridgehead atoms. The second kappa shape index (κ2) is 8.78. The van der Waals surface area contributed by atoms with Crippen molar-refractivity contribution in [1.29, 1.82) is 0 Å². The van der Waals surface area contributed by atoms with Crippen molar-refractivity contribution in [3.05, 3.63) is 82.6 Å². The van der Waals surface area contributed by atoms with Gasteiger partial charge in [-0.2, -0.15) is 0 Å². The molecule has 0 radical (unpaired) electrons. The summed E-state index contributed by atoms with van der Waals surface area (Å²) in [5, 5.41) is 21.1. The highest BCUT2D eigenvalue weighted by molar-refractivity contribution is 6.27. The van der Waals surface area contributed by atoms with Crippen molar-refractivity contribution in [1.82, 2.24) is 4.98 Å². The van der Waals surface area contributed by atoms with Gasteiger partial charge in [0.2, 0.25) is 0 Å². The van der Waals surface area contributed by atoms with Crippen LogP contribution in [0.15, 0.2) is 65.9 Å². The lowest BCUT2D eigenvalue weighted by molar-refractivity contribution is -0.146. The molecule has 168 valence electrons. The number of carbonyl (C=O) groups is 3. The molecule has 4 rings (SSSR count). The van der Waals surface area contributed by atoms with Crippen LogP contribution in [0.3, 0.4) is 0 Å². The molecule has 0 spiro atoms. The van der Waals surface area contributed by atoms with Gasteiger partial charge >= 0.3 is 5.97 Å². The Morgan fingerprint density at radius 1 is 1.06 bits per heavy atom. The topological polar surface area (TPSA) is 117 Å². The average molecular weight is 445 g/mol. The number of para-hydroxylation sites is 1. The van der Waals surface area contributed by atoms with Crippen LogP contribution in [-0.2, 0) is 16.0 Å². The van der Waals surface area contributed by atoms with Crippen LogP contribution in [0.2, 0.25) is 0 Å². The van der Waals surface area contributed by atoms with Crippen molar-refractivity contribution in [3.8, 4) is 11.5 Å². The van der Waals surface area contributed by atoms with Gasteiger partial charge in [0.25, 0.3) is 0 Å². The van der Waals surface area contributed by atoms with Gasteiger partial charge in [-0.25, -0.2) is 0 Å². The summed E-state index contributed by atoms with van der Waals surface area (Å²) in [6.07, 6.45) is 3.76. The van der Waals surface area contributed by atoms with E-state index in [1.54, 1.807) is 12.3 Å². The number of benzene rings is 2. The zero-order valence-corrected chi connectivity index (χ0v) is 18.2. The fourth-order valence-electron chi connectivity index (χ4n) is 3.94. The number of hydrogen-bond acceptors (Lipinski definition) is 6. The van der Waals surface area contributed by atoms with Gasteiger partial charge < -0.3 is 19.9 Å². The molecule has 0 saturated carbocycles. The predicted molar refractivity (Wildman–Crippen MR) is 122 cm³/mol. The maximum Gasteiger partial charge on any atom is 0.310 e. The first-order valence-electron chi connectivity index (χ1n) is 10.5. The zero-order valence-electron chi connectivity index (χ0n) is 18.2. The molecule has 0 aliphatic heterocycles. The van der Waals surface area contributed by atoms with Crippen LogP contribution in [0.5, 0.6) is 11.5 Å². The van der Waals surface area contributed by atoms with Gasteiger partial charge in [0.1, 0.15) is 17.6 Å². The van der Waals surface area contributed by atoms with Crippen molar-refractivity contribution in [2.24, 2.45) is 0 Å². The molecular weight excluding hydrogens is 422 g/mol. The fraction of sp³-hybridized carbons (Fsp3) is 0.192. The van der Waals surface area contributed by atoms with Crippen LogP contribution >= 0.6 is 0 Å². The van der Waals surface area contributed by atoms with Gasteiger partial charge in [0, 0.05) is 29.1 Å². The van der Waals surface area contributed by atoms with Crippen LogP contribution in [0.4, 0.5) is 0 Å². The number of aromatic hydroxyl groups is 2. The lowest BCUT2D eigenvalue weighted by Gasteiger charge is -2.23. The maximum absolute atomic E-state index is 13.2. The predicted octanol–water partition coefficient (Wildman–Crippen LogP) is 4.40. The Morgan fingerprint density at radius 2 is 1.76 bits per heavy atom. The van der Waals surface area contributed by atoms with E-state index in [1.807, 2.05) is 38.1 Å². The molecule has 0 unspecified atom stereocenters. The van der Waals surface area contributed by atoms with Crippen LogP contribution in [0.25, 0.3) is 10.9 Å². The third-order valence-corrected chi connectivity index (χ3v) is 5.55. The van der Waals surface area contributed by atoms with Crippen LogP contribution < -0.4 is 0 Å². The van der Waals surface area contributed by atoms with Crippen molar-refractivity contribution in [3.63, 3.8) is 0 Å². The first-order chi connectivity index (χ1) is 15.8. The molecule has 0 amide bonds. The number of aromatic amines is 1. The molecule has 1 heterocycles. The molecule has 1 aliphatic rings. The SMILES string of the molecule is CC(C)=CC[C@H](OC(=O)Cc1c[nH]c2ccccc12)C1=CC(=O)c2c(O)ccc(O)c2C1=O. The minimum absolute atomic E-state index is 0.0205. The summed E-state index contributed by atoms with van der Waals surface area (Å²) in [5.41, 5.74) is 2.01. The van der Waals surface area contributed by atoms with E-state index in [9.17, 15) is 24.6 Å². The number of hydrogen-bond donors (Lipinski definition) is 3. The summed E-state index contributed by atoms with van der Waals surface area (Å²) < 4.78 is 5.68. The highest BCUT2D eigenvalue weighted by atomic mass is 16.5. The lowest BCUT2D eigenvalue weighted by atomic mass is 9.85. The van der Waals surface area contributed by atoms with E-state index in [0.29, 0.717) is 0 Å². The number of fused-ring (bicyclic) bond motifs is 2. The van der Waals surface area contributed by atoms with Crippen LogP contribution in [-0.4, -0.2) is 38.8 Å². The largest absolute Gasteiger partial charge is 0.507 e. The number of rotatable bonds is 6. The van der Waals surface area contributed by atoms with E-state index < -0.39 is 35.1 Å². The van der Waals surface area contributed by atoms with Gasteiger partial charge in [0.05, 0.1) is 17.5 Å². The molecule has 2 aromatic carbocycles. The number of phenolic OH excluding ortho intramolecular Hbond substituents is 2. The maximum atomic E-state index is 13.2. The number of phenols is 2. The quantitative estimate of drug-likeness (QED) is 0.294. The smallest absolute Gasteiger partial charge is 0.310 e. The molecule has 0 saturated heterocycles. The Kier molecular flexibility index (Phi) is 5.87. The van der Waals surface area contributed by atoms with Crippen LogP contribution in [0, 0.1) is 0 Å². The number of ketones is 2. The minimum atomic E-state index is -1.02. The molecule has 3 N–H and O–H groups in total. The highest BCUT2D eigenvalue weighted by Crippen LogP contribution is 2.36. The monoisotopic (exact) mass is 445 g/mol. The third kappa shape index (κ3) is 4.30. The van der Waals surface area contributed by atoms with Crippen molar-refractivity contribution >= 4 is 28.4 Å². The Labute approximate surface area is 190 Å². The normalized spacial score (nSPS) is 13.9. The Balaban J connectivity index is 1.64. The van der Waals surface area contributed by atoms with Gasteiger partial charge in [-0.05, 0) is 43.7 Å². The van der Waals surface area contributed by atoms with Crippen molar-refractivity contribution in [2.75, 3.05) is 0 Å². The van der Waals surface area contributed by atoms with Crippen LogP contribution in [0.1, 0.15) is 46.5 Å². The number of aromatic nitrogens is 1. The molecule has 7 heteroatoms. The molecule has 3 aromatic rings. The second-order valence-corrected chi connectivity index (χ2v) is 8.18. The summed E-state index contributed by atoms with van der Waals surface area (Å²) in [4.78, 5) is 41.8. The summed E-state index contributed by atoms with van der Waals surface area (Å²) >= 11 is 0. The number of Topliss-reactive ketones (excluding diaryl/α,β-unsaturated/α-hetero) is 1. The van der Waals surface area contributed by atoms with Gasteiger partial charge in [0.15, 0.2) is 11.6 Å². The van der Waals surface area contributed by atoms with E-state index >= 15 is 0 Å². The Bertz CT molecular complexity index is 1340. The first kappa shape index (κ1) is 22.1. The van der Waals surface area contributed by atoms with Gasteiger partial charge in [-0.1, -0.05) is 29.8 Å². The highest BCUT2D eigenvalue weighted by Gasteiger charge is 2.35. The van der Waals surface area contributed by atoms with E-state index in [2.05, 4.69) is 4.98 Å². The van der Waals surface area contributed by atoms with Crippen molar-refractivity contribution in [2.45, 2.75) is 32.8 Å². The number of H-pyrrole nitrogens is 1. The fourth-order valence-corrected chi connectivity index (χ4v) is 3.94. The second-order valence-electron chi connectivity index (χ2n) is 8.18. The zero-order chi connectivity index (χ0) is 23.7. The van der Waals surface area contributed by atoms with E-state index in [-0.39, 0.29) is 29.5 Å². The molecule has 1 aromatic heterocycles. The summed E-state index contributed by atoms with van der Waals surface area (Å²) in [7, 11) is 0. The van der Waals surface area contributed by atoms with Gasteiger partial charge in [-0.3, -0.25) is 14.4 Å². The van der Waals surface area contributed by atoms with Crippen molar-refractivity contribution < 1.29 is 29.3 Å². The summed E-state index contributed by atoms with van der Waals surface area (Å²) in [6, 6.07) is 9.86. The van der Waals surface area contributed by atoms with E-state index in [4.69, 9.17) is 4.74 Å². The molecule has 7 nitrogen and oxygen atoms in total. The lowest BCUT2D eigenvalue weighted by Crippen LogP contribution is -2.29. The number of carbonyl (C=O) groups excluding carboxylic acids is 3. The standard InChI is InChI=1S/C26H23NO6/c1-14(2)7-10-22(33-23(31)11-15-13-27-18-6-4-3-5-16(15)18)17-12-21(30)24-19(28)8-9-20(29)25(24)26(17)32/h3-9,12-13,22,27-29H,10-11H2,1-2H3/t22-/m0/s1. The average Bonchev–Trinajstić information content (AvgIpc) is 3.18. The molecule has 1 atom stereocenters.